The molecule has 136 valence electrons. The van der Waals surface area contributed by atoms with Gasteiger partial charge < -0.3 is 24.3 Å². The third-order valence-corrected chi connectivity index (χ3v) is 3.46. The largest absolute Gasteiger partial charge is 0.464 e. The number of furan rings is 1. The highest BCUT2D eigenvalue weighted by atomic mass is 16.5. The van der Waals surface area contributed by atoms with Crippen molar-refractivity contribution in [3.05, 3.63) is 17.7 Å². The monoisotopic (exact) mass is 351 g/mol. The summed E-state index contributed by atoms with van der Waals surface area (Å²) in [5.74, 6) is -0.728. The number of carbonyl (C=O) groups is 2. The molecule has 2 aromatic rings. The van der Waals surface area contributed by atoms with E-state index in [4.69, 9.17) is 13.9 Å². The van der Waals surface area contributed by atoms with Gasteiger partial charge >= 0.3 is 11.9 Å². The molecule has 2 N–H and O–H groups in total. The van der Waals surface area contributed by atoms with Gasteiger partial charge in [-0.3, -0.25) is 0 Å². The maximum Gasteiger partial charge on any atom is 0.342 e. The molecule has 0 bridgehead atoms. The fourth-order valence-electron chi connectivity index (χ4n) is 2.36. The number of aliphatic hydroxyl groups excluding tert-OH is 1. The van der Waals surface area contributed by atoms with Crippen LogP contribution in [-0.2, 0) is 14.3 Å². The molecule has 9 heteroatoms. The number of rotatable bonds is 7. The highest BCUT2D eigenvalue weighted by Gasteiger charge is 2.29. The first-order valence-corrected chi connectivity index (χ1v) is 7.93. The number of esters is 2. The Hall–Kier alpha value is -2.68. The van der Waals surface area contributed by atoms with Crippen LogP contribution in [0.25, 0.3) is 11.1 Å². The Morgan fingerprint density at radius 1 is 1.28 bits per heavy atom. The second-order valence-corrected chi connectivity index (χ2v) is 5.27. The smallest absolute Gasteiger partial charge is 0.342 e. The Morgan fingerprint density at radius 3 is 2.56 bits per heavy atom. The zero-order chi connectivity index (χ0) is 18.6. The number of aromatic nitrogens is 2. The maximum atomic E-state index is 12.2. The molecule has 2 aromatic heterocycles. The van der Waals surface area contributed by atoms with Crippen LogP contribution in [0, 0.1) is 6.92 Å². The van der Waals surface area contributed by atoms with Crippen molar-refractivity contribution < 1.29 is 28.6 Å². The Bertz CT molecular complexity index is 771. The summed E-state index contributed by atoms with van der Waals surface area (Å²) in [6.07, 6.45) is 0.176. The topological polar surface area (TPSA) is 124 Å². The van der Waals surface area contributed by atoms with Crippen molar-refractivity contribution >= 4 is 28.9 Å². The third-order valence-electron chi connectivity index (χ3n) is 3.46. The summed E-state index contributed by atoms with van der Waals surface area (Å²) in [6, 6.07) is -1.07. The molecule has 0 saturated carbocycles. The van der Waals surface area contributed by atoms with E-state index < -0.39 is 24.1 Å². The van der Waals surface area contributed by atoms with Crippen molar-refractivity contribution in [3.8, 4) is 0 Å². The van der Waals surface area contributed by atoms with Gasteiger partial charge in [-0.05, 0) is 27.7 Å². The summed E-state index contributed by atoms with van der Waals surface area (Å²) >= 11 is 0. The molecular weight excluding hydrogens is 330 g/mol. The van der Waals surface area contributed by atoms with E-state index in [-0.39, 0.29) is 35.7 Å². The summed E-state index contributed by atoms with van der Waals surface area (Å²) in [4.78, 5) is 32.4. The molecule has 0 saturated heterocycles. The standard InChI is InChI=1S/C16H21N3O6/c1-5-23-15(21)10-9(4)25-14-11(10)13(17-7-18-14)19-12(8(3)20)16(22)24-6-2/h7-8,12,20H,5-6H2,1-4H3,(H,17,18,19)/t8-,12-/m0/s1. The summed E-state index contributed by atoms with van der Waals surface area (Å²) in [5, 5.41) is 13.0. The predicted octanol–water partition coefficient (Wildman–Crippen LogP) is 1.43. The fraction of sp³-hybridized carbons (Fsp3) is 0.500. The number of carbonyl (C=O) groups excluding carboxylic acids is 2. The lowest BCUT2D eigenvalue weighted by atomic mass is 10.1. The third kappa shape index (κ3) is 3.87. The van der Waals surface area contributed by atoms with Crippen LogP contribution in [0.1, 0.15) is 36.9 Å². The minimum Gasteiger partial charge on any atom is -0.464 e. The van der Waals surface area contributed by atoms with Gasteiger partial charge in [-0.1, -0.05) is 0 Å². The Labute approximate surface area is 144 Å². The van der Waals surface area contributed by atoms with Crippen LogP contribution in [0.3, 0.4) is 0 Å². The van der Waals surface area contributed by atoms with Gasteiger partial charge in [0.15, 0.2) is 6.04 Å². The molecular formula is C16H21N3O6. The van der Waals surface area contributed by atoms with Crippen LogP contribution < -0.4 is 5.32 Å². The van der Waals surface area contributed by atoms with Crippen LogP contribution in [0.5, 0.6) is 0 Å². The number of nitrogens with one attached hydrogen (secondary N) is 1. The normalized spacial score (nSPS) is 13.3. The predicted molar refractivity (Wildman–Crippen MR) is 88.2 cm³/mol. The molecule has 2 heterocycles. The molecule has 25 heavy (non-hydrogen) atoms. The lowest BCUT2D eigenvalue weighted by molar-refractivity contribution is -0.146. The lowest BCUT2D eigenvalue weighted by Crippen LogP contribution is -2.40. The summed E-state index contributed by atoms with van der Waals surface area (Å²) in [6.45, 7) is 6.77. The SMILES string of the molecule is CCOC(=O)c1c(C)oc2ncnc(N[C@H](C(=O)OCC)[C@H](C)O)c12. The maximum absolute atomic E-state index is 12.2. The van der Waals surface area contributed by atoms with Crippen molar-refractivity contribution in [1.29, 1.82) is 0 Å². The van der Waals surface area contributed by atoms with E-state index in [0.29, 0.717) is 5.76 Å². The molecule has 2 atom stereocenters. The number of aliphatic hydroxyl groups is 1. The van der Waals surface area contributed by atoms with Gasteiger partial charge in [0.1, 0.15) is 23.5 Å². The van der Waals surface area contributed by atoms with Crippen molar-refractivity contribution in [1.82, 2.24) is 9.97 Å². The van der Waals surface area contributed by atoms with E-state index in [1.54, 1.807) is 20.8 Å². The quantitative estimate of drug-likeness (QED) is 0.713. The second kappa shape index (κ2) is 7.93. The first-order chi connectivity index (χ1) is 11.9. The van der Waals surface area contributed by atoms with E-state index in [1.807, 2.05) is 0 Å². The Balaban J connectivity index is 2.50. The first kappa shape index (κ1) is 18.7. The molecule has 0 amide bonds. The van der Waals surface area contributed by atoms with Gasteiger partial charge in [0, 0.05) is 0 Å². The van der Waals surface area contributed by atoms with E-state index in [0.717, 1.165) is 0 Å². The molecule has 9 nitrogen and oxygen atoms in total. The first-order valence-electron chi connectivity index (χ1n) is 7.93. The summed E-state index contributed by atoms with van der Waals surface area (Å²) in [7, 11) is 0. The van der Waals surface area contributed by atoms with Gasteiger partial charge in [-0.2, -0.15) is 0 Å². The minimum absolute atomic E-state index is 0.168. The van der Waals surface area contributed by atoms with Gasteiger partial charge in [-0.25, -0.2) is 19.6 Å². The number of aryl methyl sites for hydroxylation is 1. The van der Waals surface area contributed by atoms with Crippen molar-refractivity contribution in [3.63, 3.8) is 0 Å². The molecule has 0 spiro atoms. The number of fused-ring (bicyclic) bond motifs is 1. The molecule has 0 aliphatic carbocycles. The zero-order valence-electron chi connectivity index (χ0n) is 14.5. The second-order valence-electron chi connectivity index (χ2n) is 5.27. The van der Waals surface area contributed by atoms with E-state index in [1.165, 1.54) is 13.3 Å². The number of nitrogens with zero attached hydrogens (tertiary/aromatic N) is 2. The average Bonchev–Trinajstić information content (AvgIpc) is 2.89. The number of ether oxygens (including phenoxy) is 2. The van der Waals surface area contributed by atoms with Crippen LogP contribution in [0.4, 0.5) is 5.82 Å². The molecule has 0 aromatic carbocycles. The van der Waals surface area contributed by atoms with E-state index >= 15 is 0 Å². The van der Waals surface area contributed by atoms with E-state index in [9.17, 15) is 14.7 Å². The molecule has 0 unspecified atom stereocenters. The Kier molecular flexibility index (Phi) is 5.92. The molecule has 0 fully saturated rings. The molecule has 0 radical (unpaired) electrons. The van der Waals surface area contributed by atoms with Crippen LogP contribution in [0.2, 0.25) is 0 Å². The van der Waals surface area contributed by atoms with Gasteiger partial charge in [-0.15, -0.1) is 0 Å². The number of anilines is 1. The van der Waals surface area contributed by atoms with Crippen molar-refractivity contribution in [2.45, 2.75) is 39.8 Å². The van der Waals surface area contributed by atoms with Crippen LogP contribution >= 0.6 is 0 Å². The van der Waals surface area contributed by atoms with Gasteiger partial charge in [0.2, 0.25) is 5.71 Å². The van der Waals surface area contributed by atoms with Crippen LogP contribution in [0.15, 0.2) is 10.7 Å². The van der Waals surface area contributed by atoms with Crippen molar-refractivity contribution in [2.24, 2.45) is 0 Å². The minimum atomic E-state index is -1.07. The van der Waals surface area contributed by atoms with Crippen molar-refractivity contribution in [2.75, 3.05) is 18.5 Å². The average molecular weight is 351 g/mol. The van der Waals surface area contributed by atoms with Gasteiger partial charge in [0.05, 0.1) is 24.7 Å². The fourth-order valence-corrected chi connectivity index (χ4v) is 2.36. The molecule has 2 rings (SSSR count). The number of hydrogen-bond donors (Lipinski definition) is 2. The molecule has 0 aliphatic rings. The zero-order valence-corrected chi connectivity index (χ0v) is 14.5. The van der Waals surface area contributed by atoms with E-state index in [2.05, 4.69) is 15.3 Å². The van der Waals surface area contributed by atoms with Gasteiger partial charge in [0.25, 0.3) is 0 Å². The van der Waals surface area contributed by atoms with Crippen LogP contribution in [-0.4, -0.2) is 52.4 Å². The number of hydrogen-bond acceptors (Lipinski definition) is 9. The summed E-state index contributed by atoms with van der Waals surface area (Å²) in [5.41, 5.74) is 0.347. The highest BCUT2D eigenvalue weighted by Crippen LogP contribution is 2.30. The molecule has 0 aliphatic heterocycles. The summed E-state index contributed by atoms with van der Waals surface area (Å²) < 4.78 is 15.5. The highest BCUT2D eigenvalue weighted by molar-refractivity contribution is 6.08. The lowest BCUT2D eigenvalue weighted by Gasteiger charge is -2.20. The Morgan fingerprint density at radius 2 is 1.96 bits per heavy atom.